The van der Waals surface area contributed by atoms with Crippen LogP contribution in [0.5, 0.6) is 0 Å². The maximum absolute atomic E-state index is 11.4. The second kappa shape index (κ2) is 4.72. The van der Waals surface area contributed by atoms with Crippen molar-refractivity contribution in [3.8, 4) is 0 Å². The fourth-order valence-electron chi connectivity index (χ4n) is 1.54. The molecule has 5 heteroatoms. The van der Waals surface area contributed by atoms with Gasteiger partial charge in [0.25, 0.3) is 0 Å². The largest absolute Gasteiger partial charge is 0.322 e. The molecule has 102 valence electrons. The Morgan fingerprint density at radius 3 is 2.28 bits per heavy atom. The number of rotatable bonds is 2. The van der Waals surface area contributed by atoms with Crippen molar-refractivity contribution in [3.05, 3.63) is 11.8 Å². The fourth-order valence-corrected chi connectivity index (χ4v) is 1.54. The summed E-state index contributed by atoms with van der Waals surface area (Å²) in [5.41, 5.74) is 6.03. The van der Waals surface area contributed by atoms with Crippen LogP contribution in [0.15, 0.2) is 6.07 Å². The Morgan fingerprint density at radius 2 is 1.89 bits per heavy atom. The predicted molar refractivity (Wildman–Crippen MR) is 73.6 cm³/mol. The highest BCUT2D eigenvalue weighted by molar-refractivity contribution is 5.91. The van der Waals surface area contributed by atoms with Gasteiger partial charge in [-0.05, 0) is 20.8 Å². The van der Waals surface area contributed by atoms with Crippen molar-refractivity contribution in [2.75, 3.05) is 11.9 Å². The smallest absolute Gasteiger partial charge is 0.239 e. The third-order valence-corrected chi connectivity index (χ3v) is 2.57. The molecule has 0 spiro atoms. The molecule has 0 aliphatic rings. The molecule has 0 unspecified atom stereocenters. The van der Waals surface area contributed by atoms with E-state index in [2.05, 4.69) is 31.2 Å². The van der Waals surface area contributed by atoms with E-state index in [4.69, 9.17) is 5.73 Å². The lowest BCUT2D eigenvalue weighted by Gasteiger charge is -2.22. The summed E-state index contributed by atoms with van der Waals surface area (Å²) >= 11 is 0. The van der Waals surface area contributed by atoms with E-state index in [1.54, 1.807) is 0 Å². The number of nitrogens with zero attached hydrogens (tertiary/aromatic N) is 2. The second-order valence-corrected chi connectivity index (χ2v) is 6.50. The summed E-state index contributed by atoms with van der Waals surface area (Å²) in [5.74, 6) is 0.490. The van der Waals surface area contributed by atoms with Gasteiger partial charge in [0, 0.05) is 11.5 Å². The highest BCUT2D eigenvalue weighted by Crippen LogP contribution is 2.27. The van der Waals surface area contributed by atoms with Crippen molar-refractivity contribution < 1.29 is 4.79 Å². The number of hydrogen-bond acceptors (Lipinski definition) is 3. The molecule has 5 nitrogen and oxygen atoms in total. The molecule has 1 amide bonds. The summed E-state index contributed by atoms with van der Waals surface area (Å²) in [4.78, 5) is 11.4. The molecule has 0 saturated heterocycles. The lowest BCUT2D eigenvalue weighted by Crippen LogP contribution is -2.29. The van der Waals surface area contributed by atoms with Crippen LogP contribution in [0.3, 0.4) is 0 Å². The number of anilines is 1. The topological polar surface area (TPSA) is 72.9 Å². The first-order valence-corrected chi connectivity index (χ1v) is 6.16. The monoisotopic (exact) mass is 252 g/mol. The Balaban J connectivity index is 3.22. The minimum Gasteiger partial charge on any atom is -0.322 e. The van der Waals surface area contributed by atoms with Crippen LogP contribution in [0.25, 0.3) is 0 Å². The standard InChI is InChI=1S/C13H24N4O/c1-12(2,3)9-7-10(15-11(18)8-14)17(16-9)13(4,5)6/h7H,8,14H2,1-6H3,(H,15,18). The van der Waals surface area contributed by atoms with Gasteiger partial charge in [-0.2, -0.15) is 5.10 Å². The average Bonchev–Trinajstić information content (AvgIpc) is 2.60. The molecule has 1 rings (SSSR count). The number of aromatic nitrogens is 2. The van der Waals surface area contributed by atoms with E-state index < -0.39 is 0 Å². The molecule has 18 heavy (non-hydrogen) atoms. The normalized spacial score (nSPS) is 12.6. The van der Waals surface area contributed by atoms with Crippen LogP contribution in [0.1, 0.15) is 47.2 Å². The van der Waals surface area contributed by atoms with Gasteiger partial charge in [-0.1, -0.05) is 20.8 Å². The van der Waals surface area contributed by atoms with Crippen LogP contribution in [0, 0.1) is 0 Å². The molecular formula is C13H24N4O. The highest BCUT2D eigenvalue weighted by Gasteiger charge is 2.25. The van der Waals surface area contributed by atoms with Gasteiger partial charge < -0.3 is 11.1 Å². The first-order chi connectivity index (χ1) is 8.05. The minimum absolute atomic E-state index is 0.0276. The van der Waals surface area contributed by atoms with Gasteiger partial charge in [0.2, 0.25) is 5.91 Å². The van der Waals surface area contributed by atoms with Crippen molar-refractivity contribution >= 4 is 11.7 Å². The Kier molecular flexibility index (Phi) is 3.86. The first kappa shape index (κ1) is 14.7. The van der Waals surface area contributed by atoms with E-state index in [0.717, 1.165) is 5.69 Å². The SMILES string of the molecule is CC(C)(C)c1cc(NC(=O)CN)n(C(C)(C)C)n1. The third-order valence-electron chi connectivity index (χ3n) is 2.57. The van der Waals surface area contributed by atoms with Crippen LogP contribution >= 0.6 is 0 Å². The number of hydrogen-bond donors (Lipinski definition) is 2. The molecule has 0 aliphatic heterocycles. The number of carbonyl (C=O) groups excluding carboxylic acids is 1. The van der Waals surface area contributed by atoms with Crippen LogP contribution in [-0.4, -0.2) is 22.2 Å². The van der Waals surface area contributed by atoms with Crippen molar-refractivity contribution in [1.29, 1.82) is 0 Å². The lowest BCUT2D eigenvalue weighted by atomic mass is 9.92. The number of nitrogens with one attached hydrogen (secondary N) is 1. The maximum Gasteiger partial charge on any atom is 0.239 e. The summed E-state index contributed by atoms with van der Waals surface area (Å²) < 4.78 is 1.83. The van der Waals surface area contributed by atoms with Crippen molar-refractivity contribution in [2.24, 2.45) is 5.73 Å². The lowest BCUT2D eigenvalue weighted by molar-refractivity contribution is -0.115. The van der Waals surface area contributed by atoms with Crippen LogP contribution < -0.4 is 11.1 Å². The second-order valence-electron chi connectivity index (χ2n) is 6.50. The molecule has 0 radical (unpaired) electrons. The quantitative estimate of drug-likeness (QED) is 0.843. The highest BCUT2D eigenvalue weighted by atomic mass is 16.1. The minimum atomic E-state index is -0.208. The fraction of sp³-hybridized carbons (Fsp3) is 0.692. The van der Waals surface area contributed by atoms with E-state index in [9.17, 15) is 4.79 Å². The molecule has 0 bridgehead atoms. The zero-order valence-electron chi connectivity index (χ0n) is 12.2. The van der Waals surface area contributed by atoms with Gasteiger partial charge in [0.1, 0.15) is 5.82 Å². The molecule has 0 atom stereocenters. The number of amides is 1. The summed E-state index contributed by atoms with van der Waals surface area (Å²) in [5, 5.41) is 7.40. The van der Waals surface area contributed by atoms with Gasteiger partial charge in [-0.25, -0.2) is 4.68 Å². The number of nitrogens with two attached hydrogens (primary N) is 1. The molecule has 3 N–H and O–H groups in total. The summed E-state index contributed by atoms with van der Waals surface area (Å²) in [6.07, 6.45) is 0. The molecular weight excluding hydrogens is 228 g/mol. The van der Waals surface area contributed by atoms with E-state index in [1.807, 2.05) is 31.5 Å². The Hall–Kier alpha value is -1.36. The van der Waals surface area contributed by atoms with Crippen LogP contribution in [-0.2, 0) is 15.7 Å². The van der Waals surface area contributed by atoms with Crippen molar-refractivity contribution in [1.82, 2.24) is 9.78 Å². The van der Waals surface area contributed by atoms with Crippen LogP contribution in [0.4, 0.5) is 5.82 Å². The Labute approximate surface area is 109 Å². The van der Waals surface area contributed by atoms with E-state index in [1.165, 1.54) is 0 Å². The maximum atomic E-state index is 11.4. The average molecular weight is 252 g/mol. The molecule has 0 aromatic carbocycles. The zero-order chi connectivity index (χ0) is 14.1. The van der Waals surface area contributed by atoms with Crippen LogP contribution in [0.2, 0.25) is 0 Å². The van der Waals surface area contributed by atoms with E-state index in [0.29, 0.717) is 5.82 Å². The third kappa shape index (κ3) is 3.32. The molecule has 0 saturated carbocycles. The van der Waals surface area contributed by atoms with Crippen molar-refractivity contribution in [3.63, 3.8) is 0 Å². The molecule has 1 aromatic rings. The van der Waals surface area contributed by atoms with Gasteiger partial charge in [0.05, 0.1) is 17.8 Å². The predicted octanol–water partition coefficient (Wildman–Crippen LogP) is 1.83. The first-order valence-electron chi connectivity index (χ1n) is 6.16. The number of carbonyl (C=O) groups is 1. The summed E-state index contributed by atoms with van der Waals surface area (Å²) in [6, 6.07) is 1.92. The summed E-state index contributed by atoms with van der Waals surface area (Å²) in [7, 11) is 0. The Bertz CT molecular complexity index is 435. The van der Waals surface area contributed by atoms with Gasteiger partial charge in [-0.3, -0.25) is 4.79 Å². The van der Waals surface area contributed by atoms with E-state index in [-0.39, 0.29) is 23.4 Å². The molecule has 0 aliphatic carbocycles. The summed E-state index contributed by atoms with van der Waals surface area (Å²) in [6.45, 7) is 12.4. The van der Waals surface area contributed by atoms with Gasteiger partial charge in [0.15, 0.2) is 0 Å². The van der Waals surface area contributed by atoms with Gasteiger partial charge in [-0.15, -0.1) is 0 Å². The molecule has 1 heterocycles. The van der Waals surface area contributed by atoms with Crippen molar-refractivity contribution in [2.45, 2.75) is 52.5 Å². The van der Waals surface area contributed by atoms with Gasteiger partial charge >= 0.3 is 0 Å². The molecule has 0 fully saturated rings. The van der Waals surface area contributed by atoms with E-state index >= 15 is 0 Å². The Morgan fingerprint density at radius 1 is 1.33 bits per heavy atom. The molecule has 1 aromatic heterocycles. The zero-order valence-corrected chi connectivity index (χ0v) is 12.2.